The second-order valence-electron chi connectivity index (χ2n) is 1.49. The Kier molecular flexibility index (Phi) is 6.51. The SMILES string of the molecule is CC(C)(S)S.[NaH]. The van der Waals surface area contributed by atoms with Crippen molar-refractivity contribution in [1.82, 2.24) is 0 Å². The fraction of sp³-hybridized carbons (Fsp3) is 1.00. The molecule has 0 unspecified atom stereocenters. The minimum atomic E-state index is -0.111. The summed E-state index contributed by atoms with van der Waals surface area (Å²) in [6.07, 6.45) is 0. The second kappa shape index (κ2) is 3.67. The molecule has 0 aliphatic rings. The van der Waals surface area contributed by atoms with E-state index < -0.39 is 0 Å². The van der Waals surface area contributed by atoms with Gasteiger partial charge < -0.3 is 0 Å². The van der Waals surface area contributed by atoms with Gasteiger partial charge in [0.25, 0.3) is 0 Å². The van der Waals surface area contributed by atoms with Crippen molar-refractivity contribution >= 4 is 54.8 Å². The van der Waals surface area contributed by atoms with Gasteiger partial charge in [-0.1, -0.05) is 0 Å². The molecule has 0 bridgehead atoms. The molecular formula is C3H9NaS2. The van der Waals surface area contributed by atoms with Crippen LogP contribution in [0.2, 0.25) is 0 Å². The van der Waals surface area contributed by atoms with Gasteiger partial charge in [0.2, 0.25) is 0 Å². The standard InChI is InChI=1S/C3H8S2.Na.H/c1-3(2,4)5;;/h4-5H,1-2H3;;. The average Bonchev–Trinajstić information content (AvgIpc) is 0.722. The van der Waals surface area contributed by atoms with Crippen molar-refractivity contribution in [2.24, 2.45) is 0 Å². The van der Waals surface area contributed by atoms with Crippen LogP contribution >= 0.6 is 25.3 Å². The Hall–Kier alpha value is 1.70. The molecule has 3 heteroatoms. The molecule has 0 rings (SSSR count). The van der Waals surface area contributed by atoms with E-state index in [9.17, 15) is 0 Å². The molecule has 0 aliphatic carbocycles. The summed E-state index contributed by atoms with van der Waals surface area (Å²) in [4.78, 5) is 0. The fourth-order valence-corrected chi connectivity index (χ4v) is 0. The Balaban J connectivity index is 0. The third-order valence-electron chi connectivity index (χ3n) is 0. The van der Waals surface area contributed by atoms with E-state index in [0.717, 1.165) is 0 Å². The Bertz CT molecular complexity index is 24.3. The topological polar surface area (TPSA) is 0 Å². The van der Waals surface area contributed by atoms with Crippen LogP contribution in [0.5, 0.6) is 0 Å². The summed E-state index contributed by atoms with van der Waals surface area (Å²) in [5.74, 6) is 0. The molecule has 0 spiro atoms. The van der Waals surface area contributed by atoms with Crippen molar-refractivity contribution in [3.8, 4) is 0 Å². The molecule has 0 atom stereocenters. The van der Waals surface area contributed by atoms with Crippen LogP contribution in [-0.4, -0.2) is 33.6 Å². The van der Waals surface area contributed by atoms with Crippen LogP contribution < -0.4 is 0 Å². The number of thiol groups is 2. The van der Waals surface area contributed by atoms with E-state index in [-0.39, 0.29) is 33.6 Å². The quantitative estimate of drug-likeness (QED) is 0.273. The van der Waals surface area contributed by atoms with Crippen LogP contribution in [-0.2, 0) is 0 Å². The number of hydrogen-bond acceptors (Lipinski definition) is 2. The summed E-state index contributed by atoms with van der Waals surface area (Å²) in [5, 5.41) is 0. The van der Waals surface area contributed by atoms with Crippen LogP contribution in [0.3, 0.4) is 0 Å². The van der Waals surface area contributed by atoms with Gasteiger partial charge in [-0.3, -0.25) is 0 Å². The molecule has 0 aromatic rings. The van der Waals surface area contributed by atoms with Gasteiger partial charge in [-0.05, 0) is 13.8 Å². The molecule has 0 aromatic carbocycles. The molecule has 0 aromatic heterocycles. The first kappa shape index (κ1) is 10.6. The maximum atomic E-state index is 3.99. The summed E-state index contributed by atoms with van der Waals surface area (Å²) in [6.45, 7) is 3.83. The molecule has 0 saturated carbocycles. The molecule has 0 amide bonds. The molecule has 0 heterocycles. The summed E-state index contributed by atoms with van der Waals surface area (Å²) < 4.78 is -0.111. The average molecular weight is 132 g/mol. The molecule has 0 fully saturated rings. The first-order valence-electron chi connectivity index (χ1n) is 1.45. The number of hydrogen-bond donors (Lipinski definition) is 2. The Morgan fingerprint density at radius 1 is 1.17 bits per heavy atom. The molecule has 6 heavy (non-hydrogen) atoms. The van der Waals surface area contributed by atoms with Crippen molar-refractivity contribution in [1.29, 1.82) is 0 Å². The zero-order chi connectivity index (χ0) is 4.50. The third-order valence-corrected chi connectivity index (χ3v) is 0. The monoisotopic (exact) mass is 132 g/mol. The van der Waals surface area contributed by atoms with E-state index in [1.165, 1.54) is 0 Å². The van der Waals surface area contributed by atoms with Crippen molar-refractivity contribution < 1.29 is 0 Å². The normalized spacial score (nSPS) is 10.0. The van der Waals surface area contributed by atoms with E-state index in [1.54, 1.807) is 0 Å². The van der Waals surface area contributed by atoms with Gasteiger partial charge in [0, 0.05) is 4.08 Å². The predicted octanol–water partition coefficient (Wildman–Crippen LogP) is 0.934. The van der Waals surface area contributed by atoms with Gasteiger partial charge in [-0.25, -0.2) is 0 Å². The first-order chi connectivity index (χ1) is 2.00. The number of rotatable bonds is 0. The zero-order valence-corrected chi connectivity index (χ0v) is 5.18. The van der Waals surface area contributed by atoms with Gasteiger partial charge >= 0.3 is 29.6 Å². The Morgan fingerprint density at radius 2 is 1.17 bits per heavy atom. The van der Waals surface area contributed by atoms with Gasteiger partial charge in [-0.15, -0.1) is 0 Å². The third kappa shape index (κ3) is 43.6. The zero-order valence-electron chi connectivity index (χ0n) is 3.39. The van der Waals surface area contributed by atoms with Gasteiger partial charge in [0.15, 0.2) is 0 Å². The molecule has 0 N–H and O–H groups in total. The summed E-state index contributed by atoms with van der Waals surface area (Å²) in [5.41, 5.74) is 0. The van der Waals surface area contributed by atoms with Crippen molar-refractivity contribution in [2.45, 2.75) is 17.9 Å². The molecular weight excluding hydrogens is 123 g/mol. The van der Waals surface area contributed by atoms with Crippen molar-refractivity contribution in [3.05, 3.63) is 0 Å². The molecule has 0 nitrogen and oxygen atoms in total. The van der Waals surface area contributed by atoms with Crippen LogP contribution in [0.1, 0.15) is 13.8 Å². The Labute approximate surface area is 72.2 Å². The summed E-state index contributed by atoms with van der Waals surface area (Å²) in [6, 6.07) is 0. The molecule has 0 aliphatic heterocycles. The minimum absolute atomic E-state index is 0. The first-order valence-corrected chi connectivity index (χ1v) is 2.34. The molecule has 0 radical (unpaired) electrons. The van der Waals surface area contributed by atoms with Crippen LogP contribution in [0.4, 0.5) is 0 Å². The van der Waals surface area contributed by atoms with Crippen LogP contribution in [0.25, 0.3) is 0 Å². The van der Waals surface area contributed by atoms with Crippen LogP contribution in [0.15, 0.2) is 0 Å². The predicted molar refractivity (Wildman–Crippen MR) is 39.2 cm³/mol. The molecule has 34 valence electrons. The van der Waals surface area contributed by atoms with E-state index >= 15 is 0 Å². The molecule has 0 saturated heterocycles. The summed E-state index contributed by atoms with van der Waals surface area (Å²) >= 11 is 7.97. The van der Waals surface area contributed by atoms with E-state index in [1.807, 2.05) is 13.8 Å². The van der Waals surface area contributed by atoms with E-state index in [0.29, 0.717) is 0 Å². The Morgan fingerprint density at radius 3 is 1.17 bits per heavy atom. The van der Waals surface area contributed by atoms with Crippen molar-refractivity contribution in [2.75, 3.05) is 0 Å². The van der Waals surface area contributed by atoms with Crippen molar-refractivity contribution in [3.63, 3.8) is 0 Å². The maximum absolute atomic E-state index is 3.99. The van der Waals surface area contributed by atoms with Gasteiger partial charge in [0.05, 0.1) is 0 Å². The fourth-order valence-electron chi connectivity index (χ4n) is 0. The van der Waals surface area contributed by atoms with Gasteiger partial charge in [0.1, 0.15) is 0 Å². The van der Waals surface area contributed by atoms with E-state index in [2.05, 4.69) is 25.3 Å². The van der Waals surface area contributed by atoms with Gasteiger partial charge in [-0.2, -0.15) is 25.3 Å². The second-order valence-corrected chi connectivity index (χ2v) is 4.08. The van der Waals surface area contributed by atoms with E-state index in [4.69, 9.17) is 0 Å². The van der Waals surface area contributed by atoms with Crippen LogP contribution in [0, 0.1) is 0 Å². The summed E-state index contributed by atoms with van der Waals surface area (Å²) in [7, 11) is 0.